The molecule has 1 aromatic carbocycles. The highest BCUT2D eigenvalue weighted by atomic mass is 16.4. The Hall–Kier alpha value is -2.90. The summed E-state index contributed by atoms with van der Waals surface area (Å²) in [6.07, 6.45) is 0. The van der Waals surface area contributed by atoms with E-state index >= 15 is 0 Å². The zero-order valence-electron chi connectivity index (χ0n) is 10.5. The first kappa shape index (κ1) is 13.5. The van der Waals surface area contributed by atoms with Gasteiger partial charge in [0.1, 0.15) is 0 Å². The van der Waals surface area contributed by atoms with Crippen molar-refractivity contribution in [3.63, 3.8) is 0 Å². The minimum Gasteiger partial charge on any atom is -0.478 e. The molecule has 0 atom stereocenters. The van der Waals surface area contributed by atoms with E-state index in [9.17, 15) is 19.2 Å². The number of hydrogen-bond acceptors (Lipinski definition) is 5. The number of anilines is 1. The quantitative estimate of drug-likeness (QED) is 0.451. The number of carbonyl (C=O) groups excluding carboxylic acids is 3. The first-order chi connectivity index (χ1) is 9.34. The third-order valence-corrected chi connectivity index (χ3v) is 2.98. The van der Waals surface area contributed by atoms with Gasteiger partial charge < -0.3 is 10.8 Å². The van der Waals surface area contributed by atoms with Crippen LogP contribution in [0.2, 0.25) is 0 Å². The normalized spacial score (nSPS) is 15.2. The van der Waals surface area contributed by atoms with Crippen LogP contribution in [0.15, 0.2) is 18.2 Å². The largest absolute Gasteiger partial charge is 0.478 e. The molecule has 1 aliphatic heterocycles. The summed E-state index contributed by atoms with van der Waals surface area (Å²) in [4.78, 5) is 47.3. The predicted molar refractivity (Wildman–Crippen MR) is 66.5 cm³/mol. The standard InChI is InChI=1S/C12H11N3O5/c1-14-9(16)10(17)15(12(14)20)5-6-3-2-4-7(13)8(6)11(18)19/h2-4H,5,13H2,1H3,(H,18,19). The van der Waals surface area contributed by atoms with E-state index in [4.69, 9.17) is 10.8 Å². The maximum Gasteiger partial charge on any atom is 0.338 e. The van der Waals surface area contributed by atoms with Crippen LogP contribution < -0.4 is 5.73 Å². The van der Waals surface area contributed by atoms with Crippen LogP contribution in [0.25, 0.3) is 0 Å². The highest BCUT2D eigenvalue weighted by Gasteiger charge is 2.42. The van der Waals surface area contributed by atoms with Gasteiger partial charge in [-0.15, -0.1) is 0 Å². The minimum absolute atomic E-state index is 0.0220. The van der Waals surface area contributed by atoms with Crippen LogP contribution in [-0.2, 0) is 16.1 Å². The van der Waals surface area contributed by atoms with Gasteiger partial charge in [0.25, 0.3) is 0 Å². The van der Waals surface area contributed by atoms with Crippen LogP contribution in [0, 0.1) is 0 Å². The van der Waals surface area contributed by atoms with Gasteiger partial charge in [0.15, 0.2) is 0 Å². The lowest BCUT2D eigenvalue weighted by atomic mass is 10.1. The molecule has 2 rings (SSSR count). The number of amides is 4. The van der Waals surface area contributed by atoms with Crippen molar-refractivity contribution in [1.29, 1.82) is 0 Å². The Kier molecular flexibility index (Phi) is 3.15. The molecule has 0 radical (unpaired) electrons. The highest BCUT2D eigenvalue weighted by Crippen LogP contribution is 2.21. The number of likely N-dealkylation sites (N-methyl/N-ethyl adjacent to an activating group) is 1. The summed E-state index contributed by atoms with van der Waals surface area (Å²) >= 11 is 0. The van der Waals surface area contributed by atoms with Crippen molar-refractivity contribution in [2.24, 2.45) is 0 Å². The van der Waals surface area contributed by atoms with E-state index < -0.39 is 23.8 Å². The number of imide groups is 2. The Morgan fingerprint density at radius 3 is 2.40 bits per heavy atom. The fraction of sp³-hybridized carbons (Fsp3) is 0.167. The van der Waals surface area contributed by atoms with Crippen LogP contribution in [-0.4, -0.2) is 45.8 Å². The van der Waals surface area contributed by atoms with Crippen molar-refractivity contribution in [1.82, 2.24) is 9.80 Å². The lowest BCUT2D eigenvalue weighted by Crippen LogP contribution is -2.31. The average molecular weight is 277 g/mol. The number of benzene rings is 1. The number of nitrogens with two attached hydrogens (primary N) is 1. The number of aromatic carboxylic acids is 1. The molecule has 20 heavy (non-hydrogen) atoms. The molecule has 1 heterocycles. The topological polar surface area (TPSA) is 121 Å². The summed E-state index contributed by atoms with van der Waals surface area (Å²) in [6, 6.07) is 3.55. The molecule has 0 unspecified atom stereocenters. The van der Waals surface area contributed by atoms with Crippen molar-refractivity contribution in [3.05, 3.63) is 29.3 Å². The van der Waals surface area contributed by atoms with E-state index in [0.29, 0.717) is 9.80 Å². The number of nitrogens with zero attached hydrogens (tertiary/aromatic N) is 2. The maximum atomic E-state index is 11.7. The molecule has 0 aliphatic carbocycles. The zero-order chi connectivity index (χ0) is 15.0. The van der Waals surface area contributed by atoms with Crippen molar-refractivity contribution in [2.75, 3.05) is 12.8 Å². The fourth-order valence-corrected chi connectivity index (χ4v) is 1.94. The summed E-state index contributed by atoms with van der Waals surface area (Å²) < 4.78 is 0. The molecule has 0 bridgehead atoms. The Bertz CT molecular complexity index is 640. The number of urea groups is 1. The molecule has 0 aromatic heterocycles. The van der Waals surface area contributed by atoms with E-state index in [1.165, 1.54) is 25.2 Å². The first-order valence-corrected chi connectivity index (χ1v) is 5.58. The third kappa shape index (κ3) is 1.96. The van der Waals surface area contributed by atoms with E-state index in [1.807, 2.05) is 0 Å². The van der Waals surface area contributed by atoms with E-state index in [1.54, 1.807) is 0 Å². The van der Waals surface area contributed by atoms with E-state index in [2.05, 4.69) is 0 Å². The number of carbonyl (C=O) groups is 4. The van der Waals surface area contributed by atoms with Gasteiger partial charge in [-0.25, -0.2) is 9.59 Å². The molecule has 104 valence electrons. The summed E-state index contributed by atoms with van der Waals surface area (Å²) in [5.74, 6) is -3.20. The number of carboxylic acids is 1. The molecule has 1 saturated heterocycles. The van der Waals surface area contributed by atoms with Crippen LogP contribution in [0.3, 0.4) is 0 Å². The molecule has 1 aliphatic rings. The lowest BCUT2D eigenvalue weighted by molar-refractivity contribution is -0.143. The molecule has 1 aromatic rings. The molecular formula is C12H11N3O5. The molecule has 8 nitrogen and oxygen atoms in total. The molecular weight excluding hydrogens is 266 g/mol. The third-order valence-electron chi connectivity index (χ3n) is 2.98. The second-order valence-electron chi connectivity index (χ2n) is 4.22. The Balaban J connectivity index is 2.39. The van der Waals surface area contributed by atoms with Crippen molar-refractivity contribution < 1.29 is 24.3 Å². The van der Waals surface area contributed by atoms with Gasteiger partial charge in [-0.05, 0) is 11.6 Å². The highest BCUT2D eigenvalue weighted by molar-refractivity contribution is 6.44. The molecule has 3 N–H and O–H groups in total. The van der Waals surface area contributed by atoms with Crippen LogP contribution in [0.1, 0.15) is 15.9 Å². The predicted octanol–water partition coefficient (Wildman–Crippen LogP) is -0.112. The van der Waals surface area contributed by atoms with Gasteiger partial charge in [-0.2, -0.15) is 0 Å². The number of hydrogen-bond donors (Lipinski definition) is 2. The average Bonchev–Trinajstić information content (AvgIpc) is 2.56. The van der Waals surface area contributed by atoms with Gasteiger partial charge in [0, 0.05) is 12.7 Å². The van der Waals surface area contributed by atoms with Gasteiger partial charge in [0.05, 0.1) is 12.1 Å². The molecule has 1 fully saturated rings. The summed E-state index contributed by atoms with van der Waals surface area (Å²) in [7, 11) is 1.18. The summed E-state index contributed by atoms with van der Waals surface area (Å²) in [5, 5.41) is 9.11. The lowest BCUT2D eigenvalue weighted by Gasteiger charge is -2.15. The van der Waals surface area contributed by atoms with Gasteiger partial charge >= 0.3 is 23.8 Å². The smallest absolute Gasteiger partial charge is 0.338 e. The first-order valence-electron chi connectivity index (χ1n) is 5.58. The summed E-state index contributed by atoms with van der Waals surface area (Å²) in [5.41, 5.74) is 5.59. The molecule has 8 heteroatoms. The van der Waals surface area contributed by atoms with Crippen molar-refractivity contribution in [3.8, 4) is 0 Å². The number of carboxylic acid groups (broad SMARTS) is 1. The Morgan fingerprint density at radius 2 is 1.90 bits per heavy atom. The van der Waals surface area contributed by atoms with Crippen molar-refractivity contribution in [2.45, 2.75) is 6.54 Å². The summed E-state index contributed by atoms with van der Waals surface area (Å²) in [6.45, 7) is -0.319. The Morgan fingerprint density at radius 1 is 1.25 bits per heavy atom. The van der Waals surface area contributed by atoms with Crippen molar-refractivity contribution >= 4 is 29.5 Å². The van der Waals surface area contributed by atoms with Gasteiger partial charge in [-0.3, -0.25) is 19.4 Å². The van der Waals surface area contributed by atoms with E-state index in [-0.39, 0.29) is 23.4 Å². The minimum atomic E-state index is -1.27. The van der Waals surface area contributed by atoms with Crippen LogP contribution in [0.5, 0.6) is 0 Å². The van der Waals surface area contributed by atoms with Crippen LogP contribution >= 0.6 is 0 Å². The van der Waals surface area contributed by atoms with E-state index in [0.717, 1.165) is 0 Å². The SMILES string of the molecule is CN1C(=O)C(=O)N(Cc2cccc(N)c2C(=O)O)C1=O. The molecule has 0 spiro atoms. The zero-order valence-corrected chi connectivity index (χ0v) is 10.5. The second kappa shape index (κ2) is 4.65. The second-order valence-corrected chi connectivity index (χ2v) is 4.22. The maximum absolute atomic E-state index is 11.7. The van der Waals surface area contributed by atoms with Gasteiger partial charge in [-0.1, -0.05) is 12.1 Å². The molecule has 0 saturated carbocycles. The fourth-order valence-electron chi connectivity index (χ4n) is 1.94. The Labute approximate surface area is 113 Å². The van der Waals surface area contributed by atoms with Crippen LogP contribution in [0.4, 0.5) is 10.5 Å². The van der Waals surface area contributed by atoms with Gasteiger partial charge in [0.2, 0.25) is 0 Å². The monoisotopic (exact) mass is 277 g/mol. The molecule has 4 amide bonds. The number of rotatable bonds is 3. The number of nitrogen functional groups attached to an aromatic ring is 1.